The fraction of sp³-hybridized carbons (Fsp3) is 0.839. The molecule has 3 saturated carbocycles. The summed E-state index contributed by atoms with van der Waals surface area (Å²) >= 11 is 0. The number of ether oxygens (including phenoxy) is 2. The van der Waals surface area contributed by atoms with Crippen LogP contribution in [-0.2, 0) is 23.9 Å². The zero-order valence-corrected chi connectivity index (χ0v) is 24.3. The van der Waals surface area contributed by atoms with Gasteiger partial charge in [-0.2, -0.15) is 0 Å². The average Bonchev–Trinajstić information content (AvgIpc) is 3.13. The van der Waals surface area contributed by atoms with Crippen molar-refractivity contribution in [2.45, 2.75) is 130 Å². The molecule has 0 bridgehead atoms. The van der Waals surface area contributed by atoms with Crippen molar-refractivity contribution in [2.75, 3.05) is 0 Å². The molecular weight excluding hydrogens is 484 g/mol. The molecule has 0 saturated heterocycles. The van der Waals surface area contributed by atoms with Gasteiger partial charge in [-0.15, -0.1) is 0 Å². The molecule has 4 rings (SSSR count). The Balaban J connectivity index is 1.75. The van der Waals surface area contributed by atoms with Gasteiger partial charge in [0.25, 0.3) is 0 Å². The van der Waals surface area contributed by atoms with Gasteiger partial charge < -0.3 is 19.7 Å². The van der Waals surface area contributed by atoms with Gasteiger partial charge in [-0.1, -0.05) is 53.9 Å². The minimum absolute atomic E-state index is 0.0160. The number of Topliss-reactive ketones (excluding diaryl/α,β-unsaturated/α-hetero) is 1. The maximum atomic E-state index is 14.2. The lowest BCUT2D eigenvalue weighted by atomic mass is 9.43. The number of hydrogen-bond donors (Lipinski definition) is 2. The zero-order valence-electron chi connectivity index (χ0n) is 24.3. The molecule has 0 aromatic carbocycles. The first-order valence-electron chi connectivity index (χ1n) is 14.6. The van der Waals surface area contributed by atoms with E-state index in [1.807, 2.05) is 0 Å². The number of ketones is 1. The van der Waals surface area contributed by atoms with E-state index in [2.05, 4.69) is 27.7 Å². The lowest BCUT2D eigenvalue weighted by Crippen LogP contribution is -2.75. The van der Waals surface area contributed by atoms with Crippen LogP contribution in [0.1, 0.15) is 106 Å². The molecule has 2 N–H and O–H groups in total. The molecule has 214 valence electrons. The molecule has 0 amide bonds. The molecule has 0 radical (unpaired) electrons. The minimum Gasteiger partial charge on any atom is -0.462 e. The van der Waals surface area contributed by atoms with Gasteiger partial charge in [-0.25, -0.2) is 0 Å². The molecule has 38 heavy (non-hydrogen) atoms. The second kappa shape index (κ2) is 10.0. The Morgan fingerprint density at radius 1 is 1.03 bits per heavy atom. The third-order valence-corrected chi connectivity index (χ3v) is 11.0. The van der Waals surface area contributed by atoms with E-state index < -0.39 is 40.8 Å². The topological polar surface area (TPSA) is 110 Å². The monoisotopic (exact) mass is 532 g/mol. The van der Waals surface area contributed by atoms with Gasteiger partial charge in [0.1, 0.15) is 17.8 Å². The van der Waals surface area contributed by atoms with E-state index in [0.29, 0.717) is 29.7 Å². The van der Waals surface area contributed by atoms with Crippen LogP contribution >= 0.6 is 0 Å². The van der Waals surface area contributed by atoms with Crippen molar-refractivity contribution in [3.8, 4) is 0 Å². The van der Waals surface area contributed by atoms with E-state index >= 15 is 0 Å². The Kier molecular flexibility index (Phi) is 7.72. The summed E-state index contributed by atoms with van der Waals surface area (Å²) in [5, 5.41) is 24.7. The van der Waals surface area contributed by atoms with Gasteiger partial charge in [-0.05, 0) is 66.4 Å². The number of esters is 2. The molecule has 0 heterocycles. The predicted octanol–water partition coefficient (Wildman–Crippen LogP) is 4.91. The molecular formula is C31H48O7. The summed E-state index contributed by atoms with van der Waals surface area (Å²) in [7, 11) is 0. The standard InChI is InChI=1S/C31H48O7/c1-18(2)9-8-10-19(3)23-11-12-24-25-15-27(38-21(5)33)30(35)16-22(37-20(4)32)13-14-29(30,7)31(25,36)26(34)17-28(23,24)6/h15,18-19,22-24,27,35-36H,8-14,16-17H2,1-7H3/t19-,22+,23-,24+,27+,28-,29+,30+,31+/m1/s1. The highest BCUT2D eigenvalue weighted by molar-refractivity contribution is 5.94. The summed E-state index contributed by atoms with van der Waals surface area (Å²) in [5.74, 6) is 0.195. The summed E-state index contributed by atoms with van der Waals surface area (Å²) in [6.07, 6.45) is 6.29. The second-order valence-corrected chi connectivity index (χ2v) is 13.7. The van der Waals surface area contributed by atoms with Crippen molar-refractivity contribution < 1.29 is 34.1 Å². The van der Waals surface area contributed by atoms with Gasteiger partial charge in [0, 0.05) is 32.1 Å². The van der Waals surface area contributed by atoms with Crippen LogP contribution in [0.2, 0.25) is 0 Å². The molecule has 3 fully saturated rings. The Labute approximate surface area is 227 Å². The summed E-state index contributed by atoms with van der Waals surface area (Å²) in [4.78, 5) is 38.1. The first-order valence-corrected chi connectivity index (χ1v) is 14.6. The molecule has 0 aromatic heterocycles. The molecule has 7 heteroatoms. The third kappa shape index (κ3) is 4.36. The van der Waals surface area contributed by atoms with Crippen LogP contribution < -0.4 is 0 Å². The number of aliphatic hydroxyl groups is 2. The quantitative estimate of drug-likeness (QED) is 0.354. The van der Waals surface area contributed by atoms with Gasteiger partial charge in [0.05, 0.1) is 0 Å². The largest absolute Gasteiger partial charge is 0.462 e. The number of rotatable bonds is 7. The summed E-state index contributed by atoms with van der Waals surface area (Å²) in [5.41, 5.74) is -4.59. The highest BCUT2D eigenvalue weighted by Gasteiger charge is 2.75. The van der Waals surface area contributed by atoms with Crippen molar-refractivity contribution in [3.05, 3.63) is 11.6 Å². The highest BCUT2D eigenvalue weighted by Crippen LogP contribution is 2.68. The van der Waals surface area contributed by atoms with Crippen LogP contribution in [0.25, 0.3) is 0 Å². The Morgan fingerprint density at radius 2 is 1.68 bits per heavy atom. The van der Waals surface area contributed by atoms with Crippen LogP contribution in [0, 0.1) is 34.5 Å². The zero-order chi connectivity index (χ0) is 28.3. The fourth-order valence-electron chi connectivity index (χ4n) is 8.97. The smallest absolute Gasteiger partial charge is 0.303 e. The Hall–Kier alpha value is -1.73. The summed E-state index contributed by atoms with van der Waals surface area (Å²) in [6, 6.07) is 0. The van der Waals surface area contributed by atoms with E-state index in [1.165, 1.54) is 26.7 Å². The molecule has 0 spiro atoms. The molecule has 0 unspecified atom stereocenters. The maximum Gasteiger partial charge on any atom is 0.303 e. The van der Waals surface area contributed by atoms with Crippen LogP contribution in [0.4, 0.5) is 0 Å². The second-order valence-electron chi connectivity index (χ2n) is 13.7. The lowest BCUT2D eigenvalue weighted by Gasteiger charge is -2.64. The lowest BCUT2D eigenvalue weighted by molar-refractivity contribution is -0.255. The molecule has 0 aliphatic heterocycles. The van der Waals surface area contributed by atoms with Crippen LogP contribution in [0.3, 0.4) is 0 Å². The molecule has 9 atom stereocenters. The number of hydrogen-bond acceptors (Lipinski definition) is 7. The molecule has 0 aromatic rings. The van der Waals surface area contributed by atoms with E-state index in [-0.39, 0.29) is 36.4 Å². The van der Waals surface area contributed by atoms with Crippen LogP contribution in [-0.4, -0.2) is 51.3 Å². The summed E-state index contributed by atoms with van der Waals surface area (Å²) in [6.45, 7) is 13.4. The van der Waals surface area contributed by atoms with Crippen molar-refractivity contribution in [3.63, 3.8) is 0 Å². The van der Waals surface area contributed by atoms with Crippen LogP contribution in [0.15, 0.2) is 11.6 Å². The molecule has 4 aliphatic carbocycles. The summed E-state index contributed by atoms with van der Waals surface area (Å²) < 4.78 is 11.2. The number of carbonyl (C=O) groups is 3. The van der Waals surface area contributed by atoms with Crippen molar-refractivity contribution in [2.24, 2.45) is 34.5 Å². The first-order chi connectivity index (χ1) is 17.6. The van der Waals surface area contributed by atoms with E-state index in [9.17, 15) is 24.6 Å². The van der Waals surface area contributed by atoms with E-state index in [1.54, 1.807) is 13.0 Å². The van der Waals surface area contributed by atoms with Crippen LogP contribution in [0.5, 0.6) is 0 Å². The van der Waals surface area contributed by atoms with Gasteiger partial charge in [0.2, 0.25) is 0 Å². The van der Waals surface area contributed by atoms with E-state index in [4.69, 9.17) is 9.47 Å². The highest BCUT2D eigenvalue weighted by atomic mass is 16.6. The minimum atomic E-state index is -1.86. The SMILES string of the molecule is CC(=O)O[C@H]1CC[C@]2(C)[C@@]3(O)C(=O)C[C@]4(C)[C@@H]([C@H](C)CCCC(C)C)CC[C@H]4C3=C[C@H](OC(C)=O)[C@@]2(O)C1. The fourth-order valence-corrected chi connectivity index (χ4v) is 8.97. The van der Waals surface area contributed by atoms with Crippen molar-refractivity contribution in [1.82, 2.24) is 0 Å². The predicted molar refractivity (Wildman–Crippen MR) is 143 cm³/mol. The third-order valence-electron chi connectivity index (χ3n) is 11.0. The Bertz CT molecular complexity index is 1000. The molecule has 7 nitrogen and oxygen atoms in total. The average molecular weight is 533 g/mol. The molecule has 4 aliphatic rings. The van der Waals surface area contributed by atoms with Crippen molar-refractivity contribution >= 4 is 17.7 Å². The van der Waals surface area contributed by atoms with Gasteiger partial charge in [0.15, 0.2) is 11.4 Å². The van der Waals surface area contributed by atoms with E-state index in [0.717, 1.165) is 19.3 Å². The first kappa shape index (κ1) is 29.3. The number of carbonyl (C=O) groups excluding carboxylic acids is 3. The van der Waals surface area contributed by atoms with Gasteiger partial charge in [-0.3, -0.25) is 14.4 Å². The number of fused-ring (bicyclic) bond motifs is 5. The maximum absolute atomic E-state index is 14.2. The Morgan fingerprint density at radius 3 is 2.29 bits per heavy atom. The normalized spacial score (nSPS) is 43.0. The van der Waals surface area contributed by atoms with Gasteiger partial charge >= 0.3 is 11.9 Å². The van der Waals surface area contributed by atoms with Crippen molar-refractivity contribution in [1.29, 1.82) is 0 Å².